The van der Waals surface area contributed by atoms with E-state index in [1.165, 1.54) is 12.8 Å². The lowest BCUT2D eigenvalue weighted by atomic mass is 9.85. The molecule has 2 aliphatic rings. The molecule has 1 amide bonds. The average Bonchev–Trinajstić information content (AvgIpc) is 2.99. The summed E-state index contributed by atoms with van der Waals surface area (Å²) in [6, 6.07) is 3.56. The minimum absolute atomic E-state index is 0.0703. The van der Waals surface area contributed by atoms with Gasteiger partial charge in [-0.1, -0.05) is 0 Å². The van der Waals surface area contributed by atoms with Crippen molar-refractivity contribution < 1.29 is 9.90 Å². The molecule has 0 saturated heterocycles. The van der Waals surface area contributed by atoms with Crippen LogP contribution in [0, 0.1) is 17.8 Å². The van der Waals surface area contributed by atoms with E-state index in [-0.39, 0.29) is 24.5 Å². The number of nitrogens with one attached hydrogen (secondary N) is 1. The number of aliphatic hydroxyl groups excluding tert-OH is 1. The van der Waals surface area contributed by atoms with Gasteiger partial charge >= 0.3 is 0 Å². The van der Waals surface area contributed by atoms with Gasteiger partial charge in [0.1, 0.15) is 4.60 Å². The second kappa shape index (κ2) is 5.21. The molecular weight excluding hydrogens is 308 g/mol. The van der Waals surface area contributed by atoms with E-state index >= 15 is 0 Å². The van der Waals surface area contributed by atoms with Crippen LogP contribution in [0.1, 0.15) is 29.6 Å². The maximum Gasteiger partial charge on any atom is 0.251 e. The lowest BCUT2D eigenvalue weighted by Gasteiger charge is -2.30. The van der Waals surface area contributed by atoms with E-state index < -0.39 is 0 Å². The van der Waals surface area contributed by atoms with Gasteiger partial charge in [0.25, 0.3) is 5.91 Å². The molecule has 2 aliphatic carbocycles. The predicted molar refractivity (Wildman–Crippen MR) is 74.6 cm³/mol. The molecule has 4 nitrogen and oxygen atoms in total. The Labute approximate surface area is 120 Å². The van der Waals surface area contributed by atoms with Crippen molar-refractivity contribution in [2.75, 3.05) is 6.61 Å². The smallest absolute Gasteiger partial charge is 0.251 e. The van der Waals surface area contributed by atoms with Crippen LogP contribution >= 0.6 is 15.9 Å². The minimum atomic E-state index is -0.0703. The Balaban J connectivity index is 1.73. The van der Waals surface area contributed by atoms with E-state index in [9.17, 15) is 9.90 Å². The lowest BCUT2D eigenvalue weighted by molar-refractivity contribution is 0.0861. The Morgan fingerprint density at radius 1 is 1.47 bits per heavy atom. The Morgan fingerprint density at radius 3 is 3.00 bits per heavy atom. The molecule has 2 N–H and O–H groups in total. The van der Waals surface area contributed by atoms with Crippen molar-refractivity contribution in [3.8, 4) is 0 Å². The number of amides is 1. The molecule has 0 radical (unpaired) electrons. The number of hydrogen-bond donors (Lipinski definition) is 2. The van der Waals surface area contributed by atoms with Gasteiger partial charge in [0.05, 0.1) is 0 Å². The SMILES string of the molecule is O=C(NC1C2CCC(C2)C1CO)c1ccnc(Br)c1. The number of carbonyl (C=O) groups is 1. The van der Waals surface area contributed by atoms with Gasteiger partial charge in [-0.05, 0) is 59.2 Å². The van der Waals surface area contributed by atoms with Crippen molar-refractivity contribution in [1.82, 2.24) is 10.3 Å². The first-order valence-electron chi connectivity index (χ1n) is 6.72. The van der Waals surface area contributed by atoms with Crippen LogP contribution in [0.25, 0.3) is 0 Å². The molecule has 1 heterocycles. The van der Waals surface area contributed by atoms with Crippen LogP contribution < -0.4 is 5.32 Å². The maximum absolute atomic E-state index is 12.2. The highest BCUT2D eigenvalue weighted by Gasteiger charge is 2.47. The number of carbonyl (C=O) groups excluding carboxylic acids is 1. The van der Waals surface area contributed by atoms with Crippen LogP contribution in [0.2, 0.25) is 0 Å². The summed E-state index contributed by atoms with van der Waals surface area (Å²) in [5.41, 5.74) is 0.612. The molecule has 1 aromatic rings. The molecule has 0 aliphatic heterocycles. The quantitative estimate of drug-likeness (QED) is 0.836. The maximum atomic E-state index is 12.2. The number of nitrogens with zero attached hydrogens (tertiary/aromatic N) is 1. The zero-order valence-electron chi connectivity index (χ0n) is 10.6. The van der Waals surface area contributed by atoms with E-state index in [4.69, 9.17) is 0 Å². The second-order valence-electron chi connectivity index (χ2n) is 5.55. The van der Waals surface area contributed by atoms with Crippen LogP contribution in [0.3, 0.4) is 0 Å². The third-order valence-corrected chi connectivity index (χ3v) is 5.02. The molecule has 19 heavy (non-hydrogen) atoms. The number of aliphatic hydroxyl groups is 1. The summed E-state index contributed by atoms with van der Waals surface area (Å²) in [6.07, 6.45) is 5.13. The standard InChI is InChI=1S/C14H17BrN2O2/c15-12-6-10(3-4-16-12)14(19)17-13-9-2-1-8(5-9)11(13)7-18/h3-4,6,8-9,11,13,18H,1-2,5,7H2,(H,17,19). The molecule has 0 spiro atoms. The van der Waals surface area contributed by atoms with Crippen LogP contribution in [-0.2, 0) is 0 Å². The van der Waals surface area contributed by atoms with Gasteiger partial charge in [0, 0.05) is 30.3 Å². The Bertz CT molecular complexity index is 494. The molecule has 2 bridgehead atoms. The van der Waals surface area contributed by atoms with Crippen LogP contribution in [0.15, 0.2) is 22.9 Å². The van der Waals surface area contributed by atoms with Gasteiger partial charge in [-0.2, -0.15) is 0 Å². The highest BCUT2D eigenvalue weighted by Crippen LogP contribution is 2.48. The van der Waals surface area contributed by atoms with Gasteiger partial charge in [-0.3, -0.25) is 4.79 Å². The number of pyridine rings is 1. The highest BCUT2D eigenvalue weighted by molar-refractivity contribution is 9.10. The molecule has 102 valence electrons. The first kappa shape index (κ1) is 13.1. The van der Waals surface area contributed by atoms with Crippen LogP contribution in [0.4, 0.5) is 0 Å². The molecule has 4 atom stereocenters. The van der Waals surface area contributed by atoms with Gasteiger partial charge in [0.2, 0.25) is 0 Å². The number of rotatable bonds is 3. The van der Waals surface area contributed by atoms with Gasteiger partial charge < -0.3 is 10.4 Å². The Hall–Kier alpha value is -0.940. The number of aromatic nitrogens is 1. The van der Waals surface area contributed by atoms with E-state index in [2.05, 4.69) is 26.2 Å². The fraction of sp³-hybridized carbons (Fsp3) is 0.571. The van der Waals surface area contributed by atoms with Crippen molar-refractivity contribution in [2.45, 2.75) is 25.3 Å². The van der Waals surface area contributed by atoms with Gasteiger partial charge in [-0.25, -0.2) is 4.98 Å². The van der Waals surface area contributed by atoms with Crippen molar-refractivity contribution >= 4 is 21.8 Å². The summed E-state index contributed by atoms with van der Waals surface area (Å²) in [4.78, 5) is 16.3. The summed E-state index contributed by atoms with van der Waals surface area (Å²) in [6.45, 7) is 0.173. The van der Waals surface area contributed by atoms with Gasteiger partial charge in [0.15, 0.2) is 0 Å². The summed E-state index contributed by atoms with van der Waals surface area (Å²) < 4.78 is 0.659. The summed E-state index contributed by atoms with van der Waals surface area (Å²) in [7, 11) is 0. The molecule has 1 aromatic heterocycles. The third-order valence-electron chi connectivity index (χ3n) is 4.59. The summed E-state index contributed by atoms with van der Waals surface area (Å²) in [5, 5.41) is 12.6. The first-order valence-corrected chi connectivity index (χ1v) is 7.51. The lowest BCUT2D eigenvalue weighted by Crippen LogP contribution is -2.45. The summed E-state index contributed by atoms with van der Waals surface area (Å²) >= 11 is 3.27. The van der Waals surface area contributed by atoms with Crippen LogP contribution in [-0.4, -0.2) is 28.6 Å². The van der Waals surface area contributed by atoms with Crippen molar-refractivity contribution in [3.63, 3.8) is 0 Å². The van der Waals surface area contributed by atoms with E-state index in [0.717, 1.165) is 6.42 Å². The molecule has 0 aromatic carbocycles. The zero-order valence-corrected chi connectivity index (χ0v) is 12.1. The summed E-state index contributed by atoms with van der Waals surface area (Å²) in [5.74, 6) is 1.29. The third kappa shape index (κ3) is 2.41. The average molecular weight is 325 g/mol. The van der Waals surface area contributed by atoms with Crippen molar-refractivity contribution in [3.05, 3.63) is 28.5 Å². The monoisotopic (exact) mass is 324 g/mol. The van der Waals surface area contributed by atoms with E-state index in [1.807, 2.05) is 0 Å². The van der Waals surface area contributed by atoms with E-state index in [1.54, 1.807) is 18.3 Å². The molecular formula is C14H17BrN2O2. The Morgan fingerprint density at radius 2 is 2.26 bits per heavy atom. The predicted octanol–water partition coefficient (Wildman–Crippen LogP) is 1.98. The molecule has 2 fully saturated rings. The highest BCUT2D eigenvalue weighted by atomic mass is 79.9. The topological polar surface area (TPSA) is 62.2 Å². The van der Waals surface area contributed by atoms with Crippen molar-refractivity contribution in [1.29, 1.82) is 0 Å². The Kier molecular flexibility index (Phi) is 3.58. The molecule has 2 saturated carbocycles. The second-order valence-corrected chi connectivity index (χ2v) is 6.36. The molecule has 5 heteroatoms. The van der Waals surface area contributed by atoms with E-state index in [0.29, 0.717) is 22.0 Å². The molecule has 4 unspecified atom stereocenters. The number of halogens is 1. The normalized spacial score (nSPS) is 32.5. The fourth-order valence-electron chi connectivity index (χ4n) is 3.68. The number of hydrogen-bond acceptors (Lipinski definition) is 3. The van der Waals surface area contributed by atoms with Crippen LogP contribution in [0.5, 0.6) is 0 Å². The van der Waals surface area contributed by atoms with Gasteiger partial charge in [-0.15, -0.1) is 0 Å². The zero-order chi connectivity index (χ0) is 13.4. The molecule has 3 rings (SSSR count). The number of fused-ring (bicyclic) bond motifs is 2. The largest absolute Gasteiger partial charge is 0.396 e. The van der Waals surface area contributed by atoms with Crippen molar-refractivity contribution in [2.24, 2.45) is 17.8 Å². The first-order chi connectivity index (χ1) is 9.19. The fourth-order valence-corrected chi connectivity index (χ4v) is 4.04. The minimum Gasteiger partial charge on any atom is -0.396 e.